The van der Waals surface area contributed by atoms with Crippen LogP contribution in [-0.4, -0.2) is 56.5 Å². The number of H-pyrrole nitrogens is 2. The molecule has 0 radical (unpaired) electrons. The molecule has 0 aliphatic carbocycles. The Hall–Kier alpha value is -4.86. The first-order chi connectivity index (χ1) is 20.4. The summed E-state index contributed by atoms with van der Waals surface area (Å²) in [4.78, 5) is 43.2. The molecule has 0 spiro atoms. The van der Waals surface area contributed by atoms with Gasteiger partial charge in [-0.15, -0.1) is 0 Å². The number of likely N-dealkylation sites (tertiary alicyclic amines) is 1. The summed E-state index contributed by atoms with van der Waals surface area (Å²) in [6, 6.07) is 13.9. The lowest BCUT2D eigenvalue weighted by molar-refractivity contribution is -0.135. The van der Waals surface area contributed by atoms with Crippen LogP contribution in [0.2, 0.25) is 0 Å². The first-order valence-electron chi connectivity index (χ1n) is 14.3. The van der Waals surface area contributed by atoms with E-state index in [1.165, 1.54) is 7.11 Å². The highest BCUT2D eigenvalue weighted by molar-refractivity contribution is 6.09. The molecule has 2 amide bonds. The molecule has 0 bridgehead atoms. The van der Waals surface area contributed by atoms with Crippen LogP contribution in [0.1, 0.15) is 44.1 Å². The van der Waals surface area contributed by atoms with Gasteiger partial charge in [0.2, 0.25) is 5.91 Å². The van der Waals surface area contributed by atoms with Gasteiger partial charge in [-0.1, -0.05) is 32.0 Å². The molecule has 10 nitrogen and oxygen atoms in total. The predicted molar refractivity (Wildman–Crippen MR) is 159 cm³/mol. The van der Waals surface area contributed by atoms with Gasteiger partial charge in [-0.2, -0.15) is 0 Å². The minimum atomic E-state index is -0.676. The summed E-state index contributed by atoms with van der Waals surface area (Å²) in [6.07, 6.45) is 4.54. The van der Waals surface area contributed by atoms with E-state index in [0.29, 0.717) is 13.2 Å². The number of benzene rings is 3. The maximum absolute atomic E-state index is 13.6. The van der Waals surface area contributed by atoms with E-state index < -0.39 is 12.1 Å². The van der Waals surface area contributed by atoms with E-state index in [1.807, 2.05) is 31.0 Å². The molecule has 1 fully saturated rings. The molecule has 2 aliphatic heterocycles. The number of nitrogens with one attached hydrogen (secondary N) is 3. The summed E-state index contributed by atoms with van der Waals surface area (Å²) in [5, 5.41) is 4.71. The molecule has 2 atom stereocenters. The van der Waals surface area contributed by atoms with Crippen LogP contribution in [0, 0.1) is 5.92 Å². The Morgan fingerprint density at radius 1 is 1.12 bits per heavy atom. The van der Waals surface area contributed by atoms with E-state index in [0.717, 1.165) is 74.2 Å². The minimum Gasteiger partial charge on any atom is -0.488 e. The molecule has 3 N–H and O–H groups in total. The molecule has 5 aromatic rings. The third kappa shape index (κ3) is 4.25. The fourth-order valence-corrected chi connectivity index (χ4v) is 6.30. The summed E-state index contributed by atoms with van der Waals surface area (Å²) in [5.41, 5.74) is 7.15. The fourth-order valence-electron chi connectivity index (χ4n) is 6.30. The SMILES string of the molecule is COC(=O)N[C@H](C(=O)N1CCC[C@H]1c1nc2c(ccc3c4c(ccc32)-c2ccc(-c3cnc[nH]3)cc2CO4)[nH]1)C(C)C. The second-order valence-corrected chi connectivity index (χ2v) is 11.3. The number of nitrogens with zero attached hydrogens (tertiary/aromatic N) is 3. The van der Waals surface area contributed by atoms with Crippen LogP contribution in [-0.2, 0) is 16.1 Å². The Balaban J connectivity index is 1.23. The number of rotatable bonds is 5. The van der Waals surface area contributed by atoms with Gasteiger partial charge in [-0.05, 0) is 59.7 Å². The monoisotopic (exact) mass is 564 g/mol. The average Bonchev–Trinajstić information content (AvgIpc) is 3.79. The number of imidazole rings is 2. The van der Waals surface area contributed by atoms with Gasteiger partial charge in [0.1, 0.15) is 24.2 Å². The Morgan fingerprint density at radius 2 is 1.95 bits per heavy atom. The zero-order chi connectivity index (χ0) is 29.0. The van der Waals surface area contributed by atoms with Crippen molar-refractivity contribution in [2.24, 2.45) is 5.92 Å². The molecule has 4 heterocycles. The molecular formula is C32H32N6O4. The Kier molecular flexibility index (Phi) is 6.33. The molecule has 214 valence electrons. The highest BCUT2D eigenvalue weighted by Crippen LogP contribution is 2.44. The zero-order valence-corrected chi connectivity index (χ0v) is 23.7. The number of alkyl carbamates (subject to hydrolysis) is 1. The topological polar surface area (TPSA) is 125 Å². The number of fused-ring (bicyclic) bond motifs is 7. The van der Waals surface area contributed by atoms with Gasteiger partial charge in [0.15, 0.2) is 0 Å². The zero-order valence-electron chi connectivity index (χ0n) is 23.7. The maximum atomic E-state index is 13.6. The van der Waals surface area contributed by atoms with Gasteiger partial charge in [0, 0.05) is 22.9 Å². The molecule has 2 aliphatic rings. The number of hydrogen-bond acceptors (Lipinski definition) is 6. The van der Waals surface area contributed by atoms with Crippen molar-refractivity contribution in [1.29, 1.82) is 0 Å². The summed E-state index contributed by atoms with van der Waals surface area (Å²) in [5.74, 6) is 1.39. The van der Waals surface area contributed by atoms with Crippen molar-refractivity contribution in [2.75, 3.05) is 13.7 Å². The van der Waals surface area contributed by atoms with Gasteiger partial charge in [-0.25, -0.2) is 14.8 Å². The summed E-state index contributed by atoms with van der Waals surface area (Å²) < 4.78 is 11.1. The maximum Gasteiger partial charge on any atom is 0.407 e. The van der Waals surface area contributed by atoms with Gasteiger partial charge in [0.25, 0.3) is 0 Å². The van der Waals surface area contributed by atoms with E-state index in [4.69, 9.17) is 14.5 Å². The predicted octanol–water partition coefficient (Wildman–Crippen LogP) is 5.71. The minimum absolute atomic E-state index is 0.0918. The lowest BCUT2D eigenvalue weighted by atomic mass is 9.92. The van der Waals surface area contributed by atoms with Gasteiger partial charge < -0.3 is 29.7 Å². The second kappa shape index (κ2) is 10.2. The lowest BCUT2D eigenvalue weighted by Gasteiger charge is -2.29. The van der Waals surface area contributed by atoms with Gasteiger partial charge in [0.05, 0.1) is 42.4 Å². The van der Waals surface area contributed by atoms with Crippen molar-refractivity contribution in [2.45, 2.75) is 45.4 Å². The van der Waals surface area contributed by atoms with E-state index in [-0.39, 0.29) is 17.9 Å². The highest BCUT2D eigenvalue weighted by Gasteiger charge is 2.37. The molecule has 3 aromatic carbocycles. The Labute approximate surface area is 242 Å². The molecular weight excluding hydrogens is 532 g/mol. The summed E-state index contributed by atoms with van der Waals surface area (Å²) in [6.45, 7) is 4.91. The van der Waals surface area contributed by atoms with Crippen LogP contribution in [0.15, 0.2) is 55.0 Å². The number of methoxy groups -OCH3 is 1. The molecule has 1 saturated heterocycles. The Morgan fingerprint density at radius 3 is 2.74 bits per heavy atom. The lowest BCUT2D eigenvalue weighted by Crippen LogP contribution is -2.51. The van der Waals surface area contributed by atoms with Crippen molar-refractivity contribution >= 4 is 33.8 Å². The first-order valence-corrected chi connectivity index (χ1v) is 14.3. The van der Waals surface area contributed by atoms with E-state index >= 15 is 0 Å². The molecule has 0 saturated carbocycles. The second-order valence-electron chi connectivity index (χ2n) is 11.3. The number of carbonyl (C=O) groups excluding carboxylic acids is 2. The molecule has 42 heavy (non-hydrogen) atoms. The first kappa shape index (κ1) is 26.1. The van der Waals surface area contributed by atoms with Crippen molar-refractivity contribution in [1.82, 2.24) is 30.2 Å². The Bertz CT molecular complexity index is 1830. The molecule has 0 unspecified atom stereocenters. The van der Waals surface area contributed by atoms with Gasteiger partial charge >= 0.3 is 6.09 Å². The van der Waals surface area contributed by atoms with Crippen LogP contribution in [0.3, 0.4) is 0 Å². The number of amides is 2. The summed E-state index contributed by atoms with van der Waals surface area (Å²) in [7, 11) is 1.30. The average molecular weight is 565 g/mol. The molecule has 2 aromatic heterocycles. The highest BCUT2D eigenvalue weighted by atomic mass is 16.5. The van der Waals surface area contributed by atoms with Gasteiger partial charge in [-0.3, -0.25) is 4.79 Å². The van der Waals surface area contributed by atoms with Crippen molar-refractivity contribution in [3.8, 4) is 28.1 Å². The summed E-state index contributed by atoms with van der Waals surface area (Å²) >= 11 is 0. The third-order valence-electron chi connectivity index (χ3n) is 8.44. The number of ether oxygens (including phenoxy) is 2. The van der Waals surface area contributed by atoms with Crippen LogP contribution in [0.4, 0.5) is 4.79 Å². The van der Waals surface area contributed by atoms with Crippen LogP contribution >= 0.6 is 0 Å². The number of aromatic nitrogens is 4. The standard InChI is InChI=1S/C32H32N6O4/c1-17(2)27(37-32(40)41-3)31(39)38-12-4-5-26(38)30-35-24-11-10-23-21(28(24)36-30)8-9-22-20-7-6-18(25-14-33-16-34-25)13-19(20)15-42-29(22)23/h6-11,13-14,16-17,26-27H,4-5,12,15H2,1-3H3,(H,33,34)(H,35,36)(H,37,40)/t26-,27-/m0/s1. The van der Waals surface area contributed by atoms with Crippen molar-refractivity contribution in [3.63, 3.8) is 0 Å². The third-order valence-corrected chi connectivity index (χ3v) is 8.44. The smallest absolute Gasteiger partial charge is 0.407 e. The van der Waals surface area contributed by atoms with Crippen LogP contribution < -0.4 is 10.1 Å². The molecule has 10 heteroatoms. The van der Waals surface area contributed by atoms with E-state index in [9.17, 15) is 9.59 Å². The fraction of sp³-hybridized carbons (Fsp3) is 0.312. The van der Waals surface area contributed by atoms with Crippen LogP contribution in [0.25, 0.3) is 44.2 Å². The van der Waals surface area contributed by atoms with E-state index in [2.05, 4.69) is 56.7 Å². The largest absolute Gasteiger partial charge is 0.488 e. The van der Waals surface area contributed by atoms with E-state index in [1.54, 1.807) is 6.33 Å². The normalized spacial score (nSPS) is 16.8. The number of hydrogen-bond donors (Lipinski definition) is 3. The quantitative estimate of drug-likeness (QED) is 0.251. The number of carbonyl (C=O) groups is 2. The molecule has 7 rings (SSSR count). The number of aromatic amines is 2. The van der Waals surface area contributed by atoms with Crippen molar-refractivity contribution < 1.29 is 19.1 Å². The van der Waals surface area contributed by atoms with Crippen molar-refractivity contribution in [3.05, 3.63) is 66.4 Å². The van der Waals surface area contributed by atoms with Crippen LogP contribution in [0.5, 0.6) is 5.75 Å².